The van der Waals surface area contributed by atoms with Crippen LogP contribution in [0.4, 0.5) is 10.6 Å². The number of esters is 2. The first-order valence-electron chi connectivity index (χ1n) is 9.87. The Balaban J connectivity index is 1.81. The van der Waals surface area contributed by atoms with Gasteiger partial charge in [-0.3, -0.25) is 14.9 Å². The minimum absolute atomic E-state index is 0.0380. The summed E-state index contributed by atoms with van der Waals surface area (Å²) >= 11 is 0. The van der Waals surface area contributed by atoms with Crippen LogP contribution in [0.5, 0.6) is 0 Å². The summed E-state index contributed by atoms with van der Waals surface area (Å²) in [6, 6.07) is 4.98. The molecule has 1 saturated heterocycles. The smallest absolute Gasteiger partial charge is 0.415 e. The molecule has 2 N–H and O–H groups in total. The molecule has 1 radical (unpaired) electrons. The molecule has 2 aromatic rings. The van der Waals surface area contributed by atoms with E-state index < -0.39 is 42.6 Å². The average Bonchev–Trinajstić information content (AvgIpc) is 3.33. The lowest BCUT2D eigenvalue weighted by molar-refractivity contribution is -0.152. The first-order valence-corrected chi connectivity index (χ1v) is 9.87. The Kier molecular flexibility index (Phi) is 7.10. The summed E-state index contributed by atoms with van der Waals surface area (Å²) in [5.41, 5.74) is -1.40. The molecular weight excluding hydrogens is 438 g/mol. The number of aliphatic hydroxyl groups excluding tert-OH is 1. The topological polar surface area (TPSA) is 174 Å². The van der Waals surface area contributed by atoms with Gasteiger partial charge in [-0.2, -0.15) is 10.4 Å². The molecule has 0 aliphatic carbocycles. The number of amides is 1. The van der Waals surface area contributed by atoms with Crippen LogP contribution in [0, 0.1) is 23.7 Å². The third kappa shape index (κ3) is 5.02. The van der Waals surface area contributed by atoms with Crippen molar-refractivity contribution in [2.45, 2.75) is 38.6 Å². The number of nitrogens with zero attached hydrogens (tertiary/aromatic N) is 4. The number of hydrogen-bond acceptors (Lipinski definition) is 11. The van der Waals surface area contributed by atoms with Crippen LogP contribution in [-0.4, -0.2) is 63.3 Å². The third-order valence-electron chi connectivity index (χ3n) is 4.68. The van der Waals surface area contributed by atoms with Crippen LogP contribution in [0.2, 0.25) is 0 Å². The Morgan fingerprint density at radius 3 is 2.76 bits per heavy atom. The number of anilines is 1. The van der Waals surface area contributed by atoms with Crippen molar-refractivity contribution in [1.29, 1.82) is 5.26 Å². The van der Waals surface area contributed by atoms with Gasteiger partial charge in [-0.25, -0.2) is 14.3 Å². The van der Waals surface area contributed by atoms with Gasteiger partial charge in [0.1, 0.15) is 36.7 Å². The molecule has 175 valence electrons. The molecule has 0 spiro atoms. The zero-order valence-corrected chi connectivity index (χ0v) is 18.0. The lowest BCUT2D eigenvalue weighted by atomic mass is 9.94. The molecule has 1 amide bonds. The Bertz CT molecular complexity index is 1090. The van der Waals surface area contributed by atoms with Gasteiger partial charge in [0.25, 0.3) is 0 Å². The molecule has 13 nitrogen and oxygen atoms in total. The second-order valence-electron chi connectivity index (χ2n) is 7.36. The normalized spacial score (nSPS) is 22.1. The van der Waals surface area contributed by atoms with Crippen LogP contribution >= 0.6 is 0 Å². The minimum atomic E-state index is -1.84. The van der Waals surface area contributed by atoms with E-state index in [0.717, 1.165) is 13.3 Å². The minimum Gasteiger partial charge on any atom is -0.463 e. The molecule has 13 heteroatoms. The molecule has 0 unspecified atom stereocenters. The van der Waals surface area contributed by atoms with Gasteiger partial charge in [-0.15, -0.1) is 0 Å². The quantitative estimate of drug-likeness (QED) is 0.439. The van der Waals surface area contributed by atoms with E-state index >= 15 is 0 Å². The molecule has 3 heterocycles. The summed E-state index contributed by atoms with van der Waals surface area (Å²) in [6.45, 7) is 3.78. The van der Waals surface area contributed by atoms with Gasteiger partial charge in [0, 0.05) is 13.3 Å². The summed E-state index contributed by atoms with van der Waals surface area (Å²) in [5.74, 6) is -1.35. The molecule has 1 aliphatic heterocycles. The molecule has 3 rings (SSSR count). The molecule has 0 bridgehead atoms. The molecule has 0 saturated carbocycles. The van der Waals surface area contributed by atoms with Crippen LogP contribution in [0.1, 0.15) is 26.5 Å². The maximum absolute atomic E-state index is 11.9. The zero-order chi connectivity index (χ0) is 24.2. The highest BCUT2D eigenvalue weighted by Gasteiger charge is 2.52. The fourth-order valence-corrected chi connectivity index (χ4v) is 3.08. The van der Waals surface area contributed by atoms with Gasteiger partial charge in [-0.1, -0.05) is 13.8 Å². The van der Waals surface area contributed by atoms with Crippen LogP contribution in [0.15, 0.2) is 18.5 Å². The Morgan fingerprint density at radius 2 is 2.09 bits per heavy atom. The van der Waals surface area contributed by atoms with Crippen LogP contribution < -0.4 is 5.32 Å². The summed E-state index contributed by atoms with van der Waals surface area (Å²) < 4.78 is 21.5. The predicted octanol–water partition coefficient (Wildman–Crippen LogP) is 0.680. The number of rotatable bonds is 7. The van der Waals surface area contributed by atoms with E-state index in [-0.39, 0.29) is 29.6 Å². The summed E-state index contributed by atoms with van der Waals surface area (Å²) in [4.78, 5) is 38.4. The van der Waals surface area contributed by atoms with Crippen molar-refractivity contribution < 1.29 is 38.4 Å². The molecule has 33 heavy (non-hydrogen) atoms. The third-order valence-corrected chi connectivity index (χ3v) is 4.68. The summed E-state index contributed by atoms with van der Waals surface area (Å²) in [6.07, 6.45) is -0.641. The summed E-state index contributed by atoms with van der Waals surface area (Å²) in [7, 11) is 0. The predicted molar refractivity (Wildman–Crippen MR) is 108 cm³/mol. The van der Waals surface area contributed by atoms with Crippen molar-refractivity contribution in [3.05, 3.63) is 30.6 Å². The fraction of sp³-hybridized carbons (Fsp3) is 0.450. The number of nitriles is 1. The SMILES string of the molecule is CC(=O)OCOC(=O)Nc1ncnn2c([C@]3(C#N)O[C@@H](COC(=O)C(C)C)[CH][C@H]3O)ccc12. The fourth-order valence-electron chi connectivity index (χ4n) is 3.08. The number of carbonyl (C=O) groups is 3. The largest absolute Gasteiger partial charge is 0.463 e. The number of fused-ring (bicyclic) bond motifs is 1. The van der Waals surface area contributed by atoms with Gasteiger partial charge in [0.15, 0.2) is 5.82 Å². The maximum Gasteiger partial charge on any atom is 0.415 e. The van der Waals surface area contributed by atoms with Crippen molar-refractivity contribution in [3.63, 3.8) is 0 Å². The molecular formula is C20H22N5O8. The van der Waals surface area contributed by atoms with Gasteiger partial charge >= 0.3 is 18.0 Å². The second-order valence-corrected chi connectivity index (χ2v) is 7.36. The number of nitrogens with one attached hydrogen (secondary N) is 1. The highest BCUT2D eigenvalue weighted by Crippen LogP contribution is 2.39. The molecule has 0 aromatic carbocycles. The van der Waals surface area contributed by atoms with Crippen LogP contribution in [0.25, 0.3) is 5.52 Å². The highest BCUT2D eigenvalue weighted by atomic mass is 16.7. The van der Waals surface area contributed by atoms with Crippen molar-refractivity contribution in [3.8, 4) is 6.07 Å². The zero-order valence-electron chi connectivity index (χ0n) is 18.0. The average molecular weight is 460 g/mol. The van der Waals surface area contributed by atoms with E-state index in [0.29, 0.717) is 0 Å². The highest BCUT2D eigenvalue weighted by molar-refractivity contribution is 5.88. The van der Waals surface area contributed by atoms with E-state index in [9.17, 15) is 24.8 Å². The first kappa shape index (κ1) is 23.9. The van der Waals surface area contributed by atoms with Crippen LogP contribution in [0.3, 0.4) is 0 Å². The van der Waals surface area contributed by atoms with Crippen LogP contribution in [-0.2, 0) is 34.1 Å². The lowest BCUT2D eigenvalue weighted by Gasteiger charge is -2.24. The van der Waals surface area contributed by atoms with Crippen molar-refractivity contribution in [2.75, 3.05) is 18.7 Å². The molecule has 3 atom stereocenters. The van der Waals surface area contributed by atoms with Crippen molar-refractivity contribution in [1.82, 2.24) is 14.6 Å². The number of hydrogen-bond donors (Lipinski definition) is 2. The number of carbonyl (C=O) groups excluding carboxylic acids is 3. The first-order chi connectivity index (χ1) is 15.7. The molecule has 1 aliphatic rings. The van der Waals surface area contributed by atoms with Gasteiger partial charge in [-0.05, 0) is 12.1 Å². The number of aliphatic hydroxyl groups is 1. The lowest BCUT2D eigenvalue weighted by Crippen LogP contribution is -2.37. The Labute approximate surface area is 188 Å². The van der Waals surface area contributed by atoms with Crippen molar-refractivity contribution >= 4 is 29.4 Å². The summed E-state index contributed by atoms with van der Waals surface area (Å²) in [5, 5.41) is 27.0. The van der Waals surface area contributed by atoms with Gasteiger partial charge < -0.3 is 24.1 Å². The number of ether oxygens (including phenoxy) is 4. The Hall–Kier alpha value is -3.76. The standard InChI is InChI=1S/C20H22N5O8/c1-11(2)18(28)30-7-13-6-16(27)20(8-21,33-13)15-5-4-14-17(22-9-23-25(14)15)24-19(29)32-10-31-12(3)26/h4-6,9,11,13,16,27H,7,10H2,1-3H3,(H,22,23,24,29)/t13-,16-,20+/m1/s1. The van der Waals surface area contributed by atoms with Gasteiger partial charge in [0.05, 0.1) is 11.6 Å². The second kappa shape index (κ2) is 9.80. The molecule has 2 aromatic heterocycles. The van der Waals surface area contributed by atoms with E-state index in [1.807, 2.05) is 6.07 Å². The number of aromatic nitrogens is 3. The maximum atomic E-state index is 11.9. The van der Waals surface area contributed by atoms with Crippen molar-refractivity contribution in [2.24, 2.45) is 5.92 Å². The van der Waals surface area contributed by atoms with E-state index in [1.165, 1.54) is 23.1 Å². The Morgan fingerprint density at radius 1 is 1.33 bits per heavy atom. The molecule has 1 fully saturated rings. The monoisotopic (exact) mass is 460 g/mol. The van der Waals surface area contributed by atoms with E-state index in [2.05, 4.69) is 20.1 Å². The van der Waals surface area contributed by atoms with Gasteiger partial charge in [0.2, 0.25) is 12.4 Å². The van der Waals surface area contributed by atoms with E-state index in [1.54, 1.807) is 13.8 Å². The van der Waals surface area contributed by atoms with E-state index in [4.69, 9.17) is 14.2 Å².